The molecule has 12 nitrogen and oxygen atoms in total. The Morgan fingerprint density at radius 2 is 1.93 bits per heavy atom. The fraction of sp³-hybridized carbons (Fsp3) is 0.513. The zero-order valence-electron chi connectivity index (χ0n) is 30.7. The summed E-state index contributed by atoms with van der Waals surface area (Å²) in [4.78, 5) is 49.3. The molecule has 2 saturated carbocycles. The molecule has 1 aliphatic heterocycles. The van der Waals surface area contributed by atoms with E-state index in [9.17, 15) is 27.2 Å². The molecule has 3 aliphatic rings. The number of amides is 3. The number of sulfonamides is 1. The van der Waals surface area contributed by atoms with Gasteiger partial charge in [0.25, 0.3) is 0 Å². The van der Waals surface area contributed by atoms with Gasteiger partial charge in [-0.2, -0.15) is 0 Å². The number of benzene rings is 1. The number of primary amides is 1. The van der Waals surface area contributed by atoms with E-state index in [2.05, 4.69) is 18.6 Å². The smallest absolute Gasteiger partial charge is 0.240 e. The summed E-state index contributed by atoms with van der Waals surface area (Å²) < 4.78 is 53.0. The molecule has 0 radical (unpaired) electrons. The molecular formula is C39H46FN5O7S2. The van der Waals surface area contributed by atoms with Crippen molar-refractivity contribution in [3.8, 4) is 16.5 Å². The predicted molar refractivity (Wildman–Crippen MR) is 204 cm³/mol. The van der Waals surface area contributed by atoms with Crippen LogP contribution in [-0.2, 0) is 24.4 Å². The summed E-state index contributed by atoms with van der Waals surface area (Å²) in [5.41, 5.74) is 8.47. The highest BCUT2D eigenvalue weighted by atomic mass is 32.2. The Labute approximate surface area is 317 Å². The summed E-state index contributed by atoms with van der Waals surface area (Å²) >= 11 is 1.45. The number of halogens is 1. The molecule has 7 rings (SSSR count). The van der Waals surface area contributed by atoms with Crippen molar-refractivity contribution < 1.29 is 36.3 Å². The van der Waals surface area contributed by atoms with Crippen molar-refractivity contribution in [3.63, 3.8) is 0 Å². The van der Waals surface area contributed by atoms with Crippen LogP contribution in [0.1, 0.15) is 96.6 Å². The van der Waals surface area contributed by atoms with Gasteiger partial charge in [0.15, 0.2) is 11.3 Å². The number of nitrogens with one attached hydrogen (secondary N) is 1. The molecule has 54 heavy (non-hydrogen) atoms. The van der Waals surface area contributed by atoms with Crippen molar-refractivity contribution in [1.29, 1.82) is 0 Å². The van der Waals surface area contributed by atoms with Crippen LogP contribution in [0.15, 0.2) is 46.2 Å². The van der Waals surface area contributed by atoms with E-state index in [1.54, 1.807) is 19.1 Å². The number of unbranched alkanes of at least 4 members (excludes halogenated alkanes) is 4. The molecule has 288 valence electrons. The van der Waals surface area contributed by atoms with Crippen LogP contribution in [0.4, 0.5) is 4.39 Å². The van der Waals surface area contributed by atoms with E-state index in [-0.39, 0.29) is 43.0 Å². The van der Waals surface area contributed by atoms with E-state index in [0.717, 1.165) is 31.4 Å². The molecule has 3 aromatic heterocycles. The Hall–Kier alpha value is -4.37. The molecule has 0 bridgehead atoms. The molecule has 15 heteroatoms. The third kappa shape index (κ3) is 8.02. The standard InChI is InChI=1S/C39H46FN5O7S2/c1-22(2)29-21-53-38(43-29)28-19-32(35-34(42-28)27-17-24(40)12-13-31(27)52-35)51-25-18-30(36(41)47)45(20-25)33(46)11-9-7-5-4-6-8-10-23-16-26(23)37(48)44-54(49,50)39(3)14-15-39/h8,10,12-13,17,19,21-23,25-26,30H,4-7,9,11,14-16,18,20H2,1-3H3,(H2,41,47)(H,44,48)/b10-8-/t23-,25-,26+,30+/m1/s1. The molecular weight excluding hydrogens is 734 g/mol. The van der Waals surface area contributed by atoms with Gasteiger partial charge in [0.1, 0.15) is 39.8 Å². The Bertz CT molecular complexity index is 2230. The predicted octanol–water partition coefficient (Wildman–Crippen LogP) is 6.73. The Balaban J connectivity index is 0.917. The van der Waals surface area contributed by atoms with Crippen molar-refractivity contribution in [2.45, 2.75) is 108 Å². The first-order chi connectivity index (χ1) is 25.7. The van der Waals surface area contributed by atoms with E-state index in [1.807, 2.05) is 17.5 Å². The van der Waals surface area contributed by atoms with Crippen molar-refractivity contribution in [2.24, 2.45) is 17.6 Å². The first-order valence-corrected chi connectivity index (χ1v) is 21.1. The summed E-state index contributed by atoms with van der Waals surface area (Å²) in [6.45, 7) is 5.95. The zero-order valence-corrected chi connectivity index (χ0v) is 32.3. The number of allylic oxidation sites excluding steroid dienone is 2. The van der Waals surface area contributed by atoms with Gasteiger partial charge >= 0.3 is 0 Å². The lowest BCUT2D eigenvalue weighted by Gasteiger charge is -2.22. The number of nitrogens with zero attached hydrogens (tertiary/aromatic N) is 3. The highest BCUT2D eigenvalue weighted by Crippen LogP contribution is 2.44. The number of nitrogens with two attached hydrogens (primary N) is 1. The van der Waals surface area contributed by atoms with Gasteiger partial charge in [0, 0.05) is 35.6 Å². The number of hydrogen-bond acceptors (Lipinski definition) is 10. The fourth-order valence-electron chi connectivity index (χ4n) is 6.96. The third-order valence-electron chi connectivity index (χ3n) is 10.8. The Morgan fingerprint density at radius 3 is 2.65 bits per heavy atom. The summed E-state index contributed by atoms with van der Waals surface area (Å²) in [7, 11) is -3.61. The maximum absolute atomic E-state index is 14.3. The van der Waals surface area contributed by atoms with Crippen molar-refractivity contribution in [2.75, 3.05) is 6.54 Å². The minimum absolute atomic E-state index is 0.0714. The Morgan fingerprint density at radius 1 is 1.15 bits per heavy atom. The number of likely N-dealkylation sites (tertiary alicyclic amines) is 1. The van der Waals surface area contributed by atoms with Crippen LogP contribution < -0.4 is 15.2 Å². The summed E-state index contributed by atoms with van der Waals surface area (Å²) in [6, 6.07) is 5.17. The number of ether oxygens (including phenoxy) is 1. The van der Waals surface area contributed by atoms with E-state index in [0.29, 0.717) is 64.2 Å². The second-order valence-corrected chi connectivity index (χ2v) is 18.5. The number of rotatable bonds is 16. The van der Waals surface area contributed by atoms with E-state index in [4.69, 9.17) is 24.9 Å². The summed E-state index contributed by atoms with van der Waals surface area (Å²) in [5.74, 6) is -1.22. The van der Waals surface area contributed by atoms with Gasteiger partial charge in [-0.3, -0.25) is 19.1 Å². The van der Waals surface area contributed by atoms with Gasteiger partial charge in [-0.05, 0) is 75.5 Å². The zero-order chi connectivity index (χ0) is 38.4. The topological polar surface area (TPSA) is 175 Å². The average molecular weight is 780 g/mol. The minimum atomic E-state index is -3.61. The second kappa shape index (κ2) is 15.0. The van der Waals surface area contributed by atoms with Crippen molar-refractivity contribution >= 4 is 61.2 Å². The highest BCUT2D eigenvalue weighted by Gasteiger charge is 2.52. The number of carbonyl (C=O) groups is 3. The molecule has 1 aromatic carbocycles. The third-order valence-corrected chi connectivity index (χ3v) is 13.9. The molecule has 3 N–H and O–H groups in total. The normalized spacial score (nSPS) is 22.1. The van der Waals surface area contributed by atoms with E-state index >= 15 is 0 Å². The molecule has 4 heterocycles. The molecule has 0 spiro atoms. The first-order valence-electron chi connectivity index (χ1n) is 18.7. The molecule has 4 atom stereocenters. The Kier molecular flexibility index (Phi) is 10.6. The van der Waals surface area contributed by atoms with Gasteiger partial charge in [-0.1, -0.05) is 38.8 Å². The number of furan rings is 1. The van der Waals surface area contributed by atoms with Crippen LogP contribution >= 0.6 is 11.3 Å². The highest BCUT2D eigenvalue weighted by molar-refractivity contribution is 7.91. The lowest BCUT2D eigenvalue weighted by molar-refractivity contribution is -0.137. The van der Waals surface area contributed by atoms with Crippen LogP contribution in [0.2, 0.25) is 0 Å². The molecule has 2 aliphatic carbocycles. The van der Waals surface area contributed by atoms with Crippen LogP contribution in [-0.4, -0.2) is 64.4 Å². The van der Waals surface area contributed by atoms with Crippen molar-refractivity contribution in [1.82, 2.24) is 19.6 Å². The largest absolute Gasteiger partial charge is 0.484 e. The quantitative estimate of drug-likeness (QED) is 0.0923. The SMILES string of the molecule is CC(C)c1csc(-c2cc(O[C@@H]3C[C@@H](C(N)=O)N(C(=O)CCCCCC/C=C\[C@@H]4C[C@@H]4C(=O)NS(=O)(=O)C4(C)CC4)C3)c3oc4ccc(F)cc4c3n2)n1. The summed E-state index contributed by atoms with van der Waals surface area (Å²) in [6.07, 6.45) is 9.96. The lowest BCUT2D eigenvalue weighted by atomic mass is 10.1. The molecule has 3 fully saturated rings. The van der Waals surface area contributed by atoms with Gasteiger partial charge in [0.2, 0.25) is 27.7 Å². The van der Waals surface area contributed by atoms with Gasteiger partial charge in [0.05, 0.1) is 17.0 Å². The number of carbonyl (C=O) groups excluding carboxylic acids is 3. The van der Waals surface area contributed by atoms with E-state index in [1.165, 1.54) is 28.4 Å². The number of pyridine rings is 1. The number of aromatic nitrogens is 2. The second-order valence-electron chi connectivity index (χ2n) is 15.4. The number of thiazole rings is 1. The lowest BCUT2D eigenvalue weighted by Crippen LogP contribution is -2.43. The van der Waals surface area contributed by atoms with Gasteiger partial charge in [-0.25, -0.2) is 22.8 Å². The number of fused-ring (bicyclic) bond motifs is 3. The van der Waals surface area contributed by atoms with Gasteiger partial charge < -0.3 is 19.8 Å². The van der Waals surface area contributed by atoms with Crippen molar-refractivity contribution in [3.05, 3.63) is 53.3 Å². The number of hydrogen-bond donors (Lipinski definition) is 2. The maximum Gasteiger partial charge on any atom is 0.240 e. The molecule has 1 saturated heterocycles. The van der Waals surface area contributed by atoms with Crippen LogP contribution in [0.25, 0.3) is 32.8 Å². The monoisotopic (exact) mass is 779 g/mol. The average Bonchev–Trinajstić information content (AvgIpc) is 3.88. The summed E-state index contributed by atoms with van der Waals surface area (Å²) in [5, 5.41) is 3.16. The fourth-order valence-corrected chi connectivity index (χ4v) is 9.21. The first kappa shape index (κ1) is 37.9. The molecule has 4 aromatic rings. The molecule has 3 amide bonds. The minimum Gasteiger partial charge on any atom is -0.484 e. The van der Waals surface area contributed by atoms with Crippen LogP contribution in [0.3, 0.4) is 0 Å². The molecule has 0 unspecified atom stereocenters. The van der Waals surface area contributed by atoms with Crippen LogP contribution in [0.5, 0.6) is 5.75 Å². The maximum atomic E-state index is 14.3. The van der Waals surface area contributed by atoms with Gasteiger partial charge in [-0.15, -0.1) is 11.3 Å². The van der Waals surface area contributed by atoms with Crippen LogP contribution in [0, 0.1) is 17.7 Å². The van der Waals surface area contributed by atoms with E-state index < -0.39 is 44.5 Å².